The SMILES string of the molecule is CCCOc1ccc(CN(CCC)C(=O)c2cc(C)nn2C)cc1OC. The number of nitrogens with zero attached hydrogens (tertiary/aromatic N) is 3. The van der Waals surface area contributed by atoms with Crippen LogP contribution in [0.5, 0.6) is 11.5 Å². The fourth-order valence-corrected chi connectivity index (χ4v) is 2.86. The zero-order chi connectivity index (χ0) is 19.1. The molecule has 0 aliphatic heterocycles. The largest absolute Gasteiger partial charge is 0.493 e. The number of amides is 1. The number of methoxy groups -OCH3 is 1. The third kappa shape index (κ3) is 4.77. The average Bonchev–Trinajstić information content (AvgIpc) is 2.97. The van der Waals surface area contributed by atoms with Crippen LogP contribution in [0.1, 0.15) is 48.4 Å². The minimum Gasteiger partial charge on any atom is -0.493 e. The summed E-state index contributed by atoms with van der Waals surface area (Å²) >= 11 is 0. The van der Waals surface area contributed by atoms with Crippen molar-refractivity contribution in [2.45, 2.75) is 40.2 Å². The smallest absolute Gasteiger partial charge is 0.272 e. The highest BCUT2D eigenvalue weighted by Crippen LogP contribution is 2.29. The number of carbonyl (C=O) groups is 1. The van der Waals surface area contributed by atoms with E-state index in [1.54, 1.807) is 18.8 Å². The van der Waals surface area contributed by atoms with Gasteiger partial charge in [0.2, 0.25) is 0 Å². The molecule has 6 heteroatoms. The van der Waals surface area contributed by atoms with Crippen LogP contribution in [-0.4, -0.2) is 40.8 Å². The lowest BCUT2D eigenvalue weighted by molar-refractivity contribution is 0.0732. The van der Waals surface area contributed by atoms with Gasteiger partial charge in [0.05, 0.1) is 19.4 Å². The number of carbonyl (C=O) groups excluding carboxylic acids is 1. The second kappa shape index (κ2) is 9.27. The highest BCUT2D eigenvalue weighted by atomic mass is 16.5. The van der Waals surface area contributed by atoms with Crippen LogP contribution in [-0.2, 0) is 13.6 Å². The highest BCUT2D eigenvalue weighted by molar-refractivity contribution is 5.92. The van der Waals surface area contributed by atoms with Gasteiger partial charge in [0, 0.05) is 20.1 Å². The van der Waals surface area contributed by atoms with Crippen molar-refractivity contribution in [2.75, 3.05) is 20.3 Å². The van der Waals surface area contributed by atoms with Gasteiger partial charge in [-0.05, 0) is 43.5 Å². The number of benzene rings is 1. The lowest BCUT2D eigenvalue weighted by Crippen LogP contribution is -2.32. The Morgan fingerprint density at radius 3 is 2.54 bits per heavy atom. The van der Waals surface area contributed by atoms with Crippen molar-refractivity contribution in [1.29, 1.82) is 0 Å². The van der Waals surface area contributed by atoms with Crippen LogP contribution in [0.15, 0.2) is 24.3 Å². The Hall–Kier alpha value is -2.50. The Balaban J connectivity index is 2.21. The first-order valence-electron chi connectivity index (χ1n) is 9.09. The molecule has 1 aromatic carbocycles. The zero-order valence-corrected chi connectivity index (χ0v) is 16.4. The molecule has 142 valence electrons. The number of hydrogen-bond donors (Lipinski definition) is 0. The molecular weight excluding hydrogens is 330 g/mol. The van der Waals surface area contributed by atoms with E-state index < -0.39 is 0 Å². The van der Waals surface area contributed by atoms with E-state index in [9.17, 15) is 4.79 Å². The summed E-state index contributed by atoms with van der Waals surface area (Å²) in [6.45, 7) is 7.86. The van der Waals surface area contributed by atoms with Gasteiger partial charge in [-0.25, -0.2) is 0 Å². The van der Waals surface area contributed by atoms with Crippen LogP contribution in [0.25, 0.3) is 0 Å². The van der Waals surface area contributed by atoms with Gasteiger partial charge >= 0.3 is 0 Å². The Morgan fingerprint density at radius 1 is 1.19 bits per heavy atom. The average molecular weight is 359 g/mol. The molecule has 2 rings (SSSR count). The first-order chi connectivity index (χ1) is 12.5. The van der Waals surface area contributed by atoms with Gasteiger partial charge in [0.1, 0.15) is 5.69 Å². The van der Waals surface area contributed by atoms with Crippen LogP contribution in [0.2, 0.25) is 0 Å². The molecule has 0 N–H and O–H groups in total. The number of aromatic nitrogens is 2. The van der Waals surface area contributed by atoms with Gasteiger partial charge in [0.15, 0.2) is 11.5 Å². The fourth-order valence-electron chi connectivity index (χ4n) is 2.86. The standard InChI is InChI=1S/C20H29N3O3/c1-6-10-23(20(24)17-12-15(3)21-22(17)4)14-16-8-9-18(26-11-7-2)19(13-16)25-5/h8-9,12-13H,6-7,10-11,14H2,1-5H3. The summed E-state index contributed by atoms with van der Waals surface area (Å²) in [5, 5.41) is 4.28. The summed E-state index contributed by atoms with van der Waals surface area (Å²) < 4.78 is 12.8. The lowest BCUT2D eigenvalue weighted by atomic mass is 10.1. The van der Waals surface area contributed by atoms with Crippen molar-refractivity contribution in [3.8, 4) is 11.5 Å². The molecule has 6 nitrogen and oxygen atoms in total. The quantitative estimate of drug-likeness (QED) is 0.687. The molecule has 1 amide bonds. The van der Waals surface area contributed by atoms with E-state index in [4.69, 9.17) is 9.47 Å². The van der Waals surface area contributed by atoms with Gasteiger partial charge < -0.3 is 14.4 Å². The van der Waals surface area contributed by atoms with E-state index in [-0.39, 0.29) is 5.91 Å². The van der Waals surface area contributed by atoms with Crippen molar-refractivity contribution in [3.05, 3.63) is 41.2 Å². The first kappa shape index (κ1) is 19.8. The number of ether oxygens (including phenoxy) is 2. The van der Waals surface area contributed by atoms with Gasteiger partial charge in [-0.3, -0.25) is 9.48 Å². The minimum atomic E-state index is -0.0137. The molecule has 0 unspecified atom stereocenters. The molecule has 0 saturated carbocycles. The van der Waals surface area contributed by atoms with Crippen molar-refractivity contribution in [1.82, 2.24) is 14.7 Å². The third-order valence-corrected chi connectivity index (χ3v) is 4.06. The Morgan fingerprint density at radius 2 is 1.96 bits per heavy atom. The van der Waals surface area contributed by atoms with Crippen molar-refractivity contribution in [2.24, 2.45) is 7.05 Å². The topological polar surface area (TPSA) is 56.6 Å². The van der Waals surface area contributed by atoms with Crippen LogP contribution < -0.4 is 9.47 Å². The number of hydrogen-bond acceptors (Lipinski definition) is 4. The molecule has 0 atom stereocenters. The lowest BCUT2D eigenvalue weighted by Gasteiger charge is -2.23. The number of aryl methyl sites for hydroxylation is 2. The normalized spacial score (nSPS) is 10.7. The van der Waals surface area contributed by atoms with Crippen LogP contribution in [0.4, 0.5) is 0 Å². The molecule has 0 radical (unpaired) electrons. The second-order valence-corrected chi connectivity index (χ2v) is 6.35. The maximum atomic E-state index is 12.9. The first-order valence-corrected chi connectivity index (χ1v) is 9.09. The summed E-state index contributed by atoms with van der Waals surface area (Å²) in [6, 6.07) is 7.66. The molecule has 0 aliphatic rings. The summed E-state index contributed by atoms with van der Waals surface area (Å²) in [5.74, 6) is 1.41. The molecule has 0 bridgehead atoms. The molecule has 1 aromatic heterocycles. The summed E-state index contributed by atoms with van der Waals surface area (Å²) in [5.41, 5.74) is 2.45. The van der Waals surface area contributed by atoms with Gasteiger partial charge in [0.25, 0.3) is 5.91 Å². The van der Waals surface area contributed by atoms with Crippen molar-refractivity contribution >= 4 is 5.91 Å². The molecule has 0 fully saturated rings. The van der Waals surface area contributed by atoms with Crippen molar-refractivity contribution < 1.29 is 14.3 Å². The van der Waals surface area contributed by atoms with Gasteiger partial charge in [-0.2, -0.15) is 5.10 Å². The highest BCUT2D eigenvalue weighted by Gasteiger charge is 2.20. The molecular formula is C20H29N3O3. The Bertz CT molecular complexity index is 740. The summed E-state index contributed by atoms with van der Waals surface area (Å²) in [6.07, 6.45) is 1.82. The third-order valence-electron chi connectivity index (χ3n) is 4.06. The maximum absolute atomic E-state index is 12.9. The fraction of sp³-hybridized carbons (Fsp3) is 0.500. The van der Waals surface area contributed by atoms with Crippen LogP contribution in [0, 0.1) is 6.92 Å². The van der Waals surface area contributed by atoms with E-state index in [0.717, 1.165) is 29.8 Å². The zero-order valence-electron chi connectivity index (χ0n) is 16.4. The molecule has 26 heavy (non-hydrogen) atoms. The molecule has 2 aromatic rings. The Kier molecular flexibility index (Phi) is 7.06. The predicted molar refractivity (Wildman–Crippen MR) is 102 cm³/mol. The van der Waals surface area contributed by atoms with E-state index in [2.05, 4.69) is 18.9 Å². The van der Waals surface area contributed by atoms with E-state index in [1.807, 2.05) is 36.1 Å². The monoisotopic (exact) mass is 359 g/mol. The van der Waals surface area contributed by atoms with E-state index in [1.165, 1.54) is 0 Å². The van der Waals surface area contributed by atoms with E-state index in [0.29, 0.717) is 31.1 Å². The minimum absolute atomic E-state index is 0.0137. The van der Waals surface area contributed by atoms with Gasteiger partial charge in [-0.1, -0.05) is 19.9 Å². The summed E-state index contributed by atoms with van der Waals surface area (Å²) in [7, 11) is 3.43. The Labute approximate surface area is 155 Å². The van der Waals surface area contributed by atoms with Crippen molar-refractivity contribution in [3.63, 3.8) is 0 Å². The van der Waals surface area contributed by atoms with Crippen LogP contribution in [0.3, 0.4) is 0 Å². The van der Waals surface area contributed by atoms with Crippen LogP contribution >= 0.6 is 0 Å². The number of rotatable bonds is 9. The molecule has 0 saturated heterocycles. The summed E-state index contributed by atoms with van der Waals surface area (Å²) in [4.78, 5) is 14.8. The van der Waals surface area contributed by atoms with Gasteiger partial charge in [-0.15, -0.1) is 0 Å². The van der Waals surface area contributed by atoms with E-state index >= 15 is 0 Å². The second-order valence-electron chi connectivity index (χ2n) is 6.35. The predicted octanol–water partition coefficient (Wildman–Crippen LogP) is 3.58. The molecule has 0 spiro atoms. The molecule has 1 heterocycles. The maximum Gasteiger partial charge on any atom is 0.272 e. The molecule has 0 aliphatic carbocycles.